The zero-order valence-corrected chi connectivity index (χ0v) is 8.49. The highest BCUT2D eigenvalue weighted by atomic mass is 16.5. The number of rotatable bonds is 1. The van der Waals surface area contributed by atoms with Crippen molar-refractivity contribution in [1.82, 2.24) is 4.98 Å². The fraction of sp³-hybridized carbons (Fsp3) is 0.273. The highest BCUT2D eigenvalue weighted by Crippen LogP contribution is 2.31. The average molecular weight is 218 g/mol. The van der Waals surface area contributed by atoms with E-state index in [1.807, 2.05) is 6.07 Å². The minimum absolute atomic E-state index is 0.340. The molecule has 0 aromatic carbocycles. The Balaban J connectivity index is 2.00. The number of aliphatic carboxylic acids is 1. The molecule has 1 aromatic heterocycles. The van der Waals surface area contributed by atoms with E-state index < -0.39 is 5.97 Å². The van der Waals surface area contributed by atoms with Crippen molar-refractivity contribution in [2.75, 3.05) is 11.9 Å². The summed E-state index contributed by atoms with van der Waals surface area (Å²) in [4.78, 5) is 15.3. The third-order valence-corrected chi connectivity index (χ3v) is 2.78. The molecule has 0 spiro atoms. The molecule has 5 heteroatoms. The SMILES string of the molecule is O=C(O)C1=CNc2nc3c(cc2C1)OCC3. The van der Waals surface area contributed by atoms with E-state index in [0.717, 1.165) is 29.2 Å². The van der Waals surface area contributed by atoms with Gasteiger partial charge in [-0.1, -0.05) is 0 Å². The number of hydrogen-bond donors (Lipinski definition) is 2. The van der Waals surface area contributed by atoms with Crippen LogP contribution < -0.4 is 10.1 Å². The summed E-state index contributed by atoms with van der Waals surface area (Å²) in [6.07, 6.45) is 2.71. The van der Waals surface area contributed by atoms with Crippen LogP contribution >= 0.6 is 0 Å². The Kier molecular flexibility index (Phi) is 1.86. The molecule has 1 aromatic rings. The van der Waals surface area contributed by atoms with Crippen molar-refractivity contribution in [3.8, 4) is 5.75 Å². The van der Waals surface area contributed by atoms with Gasteiger partial charge in [0.05, 0.1) is 17.9 Å². The highest BCUT2D eigenvalue weighted by molar-refractivity contribution is 5.88. The van der Waals surface area contributed by atoms with Crippen molar-refractivity contribution >= 4 is 11.8 Å². The van der Waals surface area contributed by atoms with Gasteiger partial charge in [0.2, 0.25) is 0 Å². The Labute approximate surface area is 91.8 Å². The molecule has 5 nitrogen and oxygen atoms in total. The van der Waals surface area contributed by atoms with Crippen LogP contribution in [0, 0.1) is 0 Å². The molecule has 2 aliphatic heterocycles. The lowest BCUT2D eigenvalue weighted by Crippen LogP contribution is -2.13. The molecule has 2 N–H and O–H groups in total. The molecule has 0 saturated heterocycles. The maximum atomic E-state index is 10.8. The number of hydrogen-bond acceptors (Lipinski definition) is 4. The summed E-state index contributed by atoms with van der Waals surface area (Å²) in [6.45, 7) is 0.657. The summed E-state index contributed by atoms with van der Waals surface area (Å²) in [7, 11) is 0. The molecule has 0 amide bonds. The maximum absolute atomic E-state index is 10.8. The minimum atomic E-state index is -0.903. The number of ether oxygens (including phenoxy) is 1. The molecule has 0 unspecified atom stereocenters. The van der Waals surface area contributed by atoms with Crippen LogP contribution in [0.5, 0.6) is 5.75 Å². The number of aromatic nitrogens is 1. The van der Waals surface area contributed by atoms with E-state index in [1.165, 1.54) is 6.20 Å². The molecular formula is C11H10N2O3. The normalized spacial score (nSPS) is 16.6. The van der Waals surface area contributed by atoms with Crippen molar-refractivity contribution in [3.63, 3.8) is 0 Å². The summed E-state index contributed by atoms with van der Waals surface area (Å²) in [5, 5.41) is 11.8. The van der Waals surface area contributed by atoms with Crippen LogP contribution in [0.3, 0.4) is 0 Å². The van der Waals surface area contributed by atoms with E-state index in [4.69, 9.17) is 9.84 Å². The molecular weight excluding hydrogens is 208 g/mol. The summed E-state index contributed by atoms with van der Waals surface area (Å²) in [6, 6.07) is 1.88. The Hall–Kier alpha value is -2.04. The quantitative estimate of drug-likeness (QED) is 0.734. The van der Waals surface area contributed by atoms with Crippen molar-refractivity contribution in [2.45, 2.75) is 12.8 Å². The lowest BCUT2D eigenvalue weighted by atomic mass is 10.0. The van der Waals surface area contributed by atoms with Crippen LogP contribution in [0.1, 0.15) is 11.3 Å². The molecule has 0 bridgehead atoms. The highest BCUT2D eigenvalue weighted by Gasteiger charge is 2.22. The third kappa shape index (κ3) is 1.32. The largest absolute Gasteiger partial charge is 0.491 e. The average Bonchev–Trinajstić information content (AvgIpc) is 2.71. The van der Waals surface area contributed by atoms with Gasteiger partial charge < -0.3 is 15.2 Å². The second-order valence-electron chi connectivity index (χ2n) is 3.84. The number of carbonyl (C=O) groups is 1. The number of anilines is 1. The van der Waals surface area contributed by atoms with E-state index in [-0.39, 0.29) is 0 Å². The van der Waals surface area contributed by atoms with Gasteiger partial charge in [-0.15, -0.1) is 0 Å². The first-order valence-electron chi connectivity index (χ1n) is 5.08. The molecule has 0 saturated carbocycles. The number of pyridine rings is 1. The molecule has 0 radical (unpaired) electrons. The van der Waals surface area contributed by atoms with Crippen LogP contribution in [-0.2, 0) is 17.6 Å². The number of nitrogens with one attached hydrogen (secondary N) is 1. The van der Waals surface area contributed by atoms with E-state index >= 15 is 0 Å². The van der Waals surface area contributed by atoms with Crippen molar-refractivity contribution in [2.24, 2.45) is 0 Å². The molecule has 0 fully saturated rings. The van der Waals surface area contributed by atoms with Gasteiger partial charge in [0.15, 0.2) is 0 Å². The first-order chi connectivity index (χ1) is 7.74. The molecule has 3 rings (SSSR count). The second kappa shape index (κ2) is 3.23. The Morgan fingerprint density at radius 3 is 3.25 bits per heavy atom. The zero-order chi connectivity index (χ0) is 11.1. The van der Waals surface area contributed by atoms with Crippen LogP contribution in [0.15, 0.2) is 17.8 Å². The molecule has 82 valence electrons. The molecule has 3 heterocycles. The minimum Gasteiger partial charge on any atom is -0.491 e. The van der Waals surface area contributed by atoms with E-state index in [0.29, 0.717) is 18.6 Å². The number of carboxylic acid groups (broad SMARTS) is 1. The van der Waals surface area contributed by atoms with Gasteiger partial charge >= 0.3 is 5.97 Å². The fourth-order valence-electron chi connectivity index (χ4n) is 1.94. The lowest BCUT2D eigenvalue weighted by molar-refractivity contribution is -0.132. The molecule has 2 aliphatic rings. The van der Waals surface area contributed by atoms with Crippen LogP contribution in [0.4, 0.5) is 5.82 Å². The first-order valence-corrected chi connectivity index (χ1v) is 5.08. The summed E-state index contributed by atoms with van der Waals surface area (Å²) in [5.74, 6) is 0.626. The van der Waals surface area contributed by atoms with Gasteiger partial charge in [0, 0.05) is 24.6 Å². The predicted molar refractivity (Wildman–Crippen MR) is 56.5 cm³/mol. The standard InChI is InChI=1S/C11H10N2O3/c14-11(15)7-3-6-4-9-8(1-2-16-9)13-10(6)12-5-7/h4-5H,1-3H2,(H,12,13)(H,14,15). The van der Waals surface area contributed by atoms with Crippen molar-refractivity contribution < 1.29 is 14.6 Å². The Bertz CT molecular complexity index is 508. The van der Waals surface area contributed by atoms with Crippen molar-refractivity contribution in [1.29, 1.82) is 0 Å². The Morgan fingerprint density at radius 1 is 1.56 bits per heavy atom. The number of fused-ring (bicyclic) bond motifs is 2. The van der Waals surface area contributed by atoms with E-state index in [1.54, 1.807) is 0 Å². The van der Waals surface area contributed by atoms with Gasteiger partial charge in [-0.3, -0.25) is 0 Å². The summed E-state index contributed by atoms with van der Waals surface area (Å²) < 4.78 is 5.40. The van der Waals surface area contributed by atoms with Gasteiger partial charge in [0.25, 0.3) is 0 Å². The molecule has 0 atom stereocenters. The lowest BCUT2D eigenvalue weighted by Gasteiger charge is -2.16. The summed E-state index contributed by atoms with van der Waals surface area (Å²) in [5.41, 5.74) is 2.16. The molecule has 0 aliphatic carbocycles. The van der Waals surface area contributed by atoms with Crippen LogP contribution in [0.25, 0.3) is 0 Å². The van der Waals surface area contributed by atoms with Gasteiger partial charge in [0.1, 0.15) is 11.6 Å². The monoisotopic (exact) mass is 218 g/mol. The number of nitrogens with zero attached hydrogens (tertiary/aromatic N) is 1. The van der Waals surface area contributed by atoms with Gasteiger partial charge in [-0.25, -0.2) is 9.78 Å². The second-order valence-corrected chi connectivity index (χ2v) is 3.84. The molecule has 16 heavy (non-hydrogen) atoms. The van der Waals surface area contributed by atoms with E-state index in [9.17, 15) is 4.79 Å². The topological polar surface area (TPSA) is 71.5 Å². The zero-order valence-electron chi connectivity index (χ0n) is 8.49. The fourth-order valence-corrected chi connectivity index (χ4v) is 1.94. The first kappa shape index (κ1) is 9.21. The number of carboxylic acids is 1. The predicted octanol–water partition coefficient (Wildman–Crippen LogP) is 0.953. The maximum Gasteiger partial charge on any atom is 0.333 e. The van der Waals surface area contributed by atoms with Crippen LogP contribution in [-0.4, -0.2) is 22.7 Å². The summed E-state index contributed by atoms with van der Waals surface area (Å²) >= 11 is 0. The third-order valence-electron chi connectivity index (χ3n) is 2.78. The smallest absolute Gasteiger partial charge is 0.333 e. The van der Waals surface area contributed by atoms with Gasteiger partial charge in [-0.05, 0) is 6.07 Å². The van der Waals surface area contributed by atoms with E-state index in [2.05, 4.69) is 10.3 Å². The Morgan fingerprint density at radius 2 is 2.44 bits per heavy atom. The van der Waals surface area contributed by atoms with Gasteiger partial charge in [-0.2, -0.15) is 0 Å². The van der Waals surface area contributed by atoms with Crippen molar-refractivity contribution in [3.05, 3.63) is 29.1 Å². The van der Waals surface area contributed by atoms with Crippen LogP contribution in [0.2, 0.25) is 0 Å².